The second kappa shape index (κ2) is 5.31. The van der Waals surface area contributed by atoms with Crippen molar-refractivity contribution in [1.82, 2.24) is 5.32 Å². The molecule has 0 aliphatic carbocycles. The fourth-order valence-electron chi connectivity index (χ4n) is 0.896. The van der Waals surface area contributed by atoms with E-state index >= 15 is 0 Å². The maximum atomic E-state index is 11.3. The number of hydrogen-bond acceptors (Lipinski definition) is 3. The zero-order valence-corrected chi connectivity index (χ0v) is 9.10. The molecule has 0 saturated heterocycles. The molecule has 1 aromatic rings. The maximum absolute atomic E-state index is 11.3. The van der Waals surface area contributed by atoms with Crippen LogP contribution in [-0.4, -0.2) is 28.1 Å². The van der Waals surface area contributed by atoms with Gasteiger partial charge in [0.15, 0.2) is 0 Å². The summed E-state index contributed by atoms with van der Waals surface area (Å²) in [5.41, 5.74) is 0.471. The molecule has 0 aliphatic heterocycles. The average Bonchev–Trinajstić information content (AvgIpc) is 2.26. The molecular formula is C9H7AsN2O2. The predicted octanol–water partition coefficient (Wildman–Crippen LogP) is -0.385. The summed E-state index contributed by atoms with van der Waals surface area (Å²) in [6, 6.07) is 8.29. The molecule has 1 amide bonds. The van der Waals surface area contributed by atoms with Crippen LogP contribution in [0.5, 0.6) is 0 Å². The van der Waals surface area contributed by atoms with Gasteiger partial charge >= 0.3 is 87.5 Å². The van der Waals surface area contributed by atoms with Crippen LogP contribution < -0.4 is 9.67 Å². The van der Waals surface area contributed by atoms with Gasteiger partial charge in [0, 0.05) is 0 Å². The molecule has 0 fully saturated rings. The van der Waals surface area contributed by atoms with Gasteiger partial charge in [-0.15, -0.1) is 0 Å². The Morgan fingerprint density at radius 2 is 2.07 bits per heavy atom. The summed E-state index contributed by atoms with van der Waals surface area (Å²) in [5, 5.41) is 10.7. The van der Waals surface area contributed by atoms with Crippen molar-refractivity contribution in [2.45, 2.75) is 0 Å². The predicted molar refractivity (Wildman–Crippen MR) is 50.5 cm³/mol. The minimum absolute atomic E-state index is 0.00591. The third kappa shape index (κ3) is 2.79. The van der Waals surface area contributed by atoms with Gasteiger partial charge in [-0.25, -0.2) is 0 Å². The summed E-state index contributed by atoms with van der Waals surface area (Å²) in [5.74, 6) is -0.291. The van der Waals surface area contributed by atoms with Crippen molar-refractivity contribution in [3.63, 3.8) is 0 Å². The molecule has 0 unspecified atom stereocenters. The van der Waals surface area contributed by atoms with Gasteiger partial charge in [-0.1, -0.05) is 0 Å². The second-order valence-corrected chi connectivity index (χ2v) is 3.95. The number of benzene rings is 1. The summed E-state index contributed by atoms with van der Waals surface area (Å²) < 4.78 is 11.3. The van der Waals surface area contributed by atoms with E-state index in [-0.39, 0.29) is 12.5 Å². The van der Waals surface area contributed by atoms with E-state index in [1.54, 1.807) is 24.3 Å². The van der Waals surface area contributed by atoms with E-state index in [1.807, 2.05) is 6.07 Å². The molecular weight excluding hydrogens is 243 g/mol. The number of nitrogens with one attached hydrogen (secondary N) is 1. The van der Waals surface area contributed by atoms with Crippen molar-refractivity contribution < 1.29 is 8.53 Å². The van der Waals surface area contributed by atoms with E-state index in [2.05, 4.69) is 5.32 Å². The fourth-order valence-corrected chi connectivity index (χ4v) is 1.46. The Balaban J connectivity index is 2.72. The molecule has 1 N–H and O–H groups in total. The number of amides is 1. The van der Waals surface area contributed by atoms with E-state index in [0.29, 0.717) is 5.56 Å². The van der Waals surface area contributed by atoms with E-state index in [1.165, 1.54) is 0 Å². The molecule has 0 saturated carbocycles. The van der Waals surface area contributed by atoms with Crippen molar-refractivity contribution in [1.29, 1.82) is 5.26 Å². The Morgan fingerprint density at radius 3 is 2.57 bits per heavy atom. The number of carbonyl (C=O) groups is 1. The molecule has 0 aliphatic rings. The number of carbonyl (C=O) groups excluding carboxylic acids is 1. The topological polar surface area (TPSA) is 70.0 Å². The Labute approximate surface area is 87.8 Å². The number of rotatable bonds is 3. The van der Waals surface area contributed by atoms with Crippen molar-refractivity contribution >= 4 is 25.9 Å². The van der Waals surface area contributed by atoms with Crippen LogP contribution in [0.4, 0.5) is 0 Å². The molecule has 1 rings (SSSR count). The van der Waals surface area contributed by atoms with Crippen molar-refractivity contribution in [2.24, 2.45) is 0 Å². The molecule has 1 aromatic carbocycles. The first kappa shape index (κ1) is 10.6. The van der Waals surface area contributed by atoms with Crippen molar-refractivity contribution in [3.8, 4) is 6.07 Å². The van der Waals surface area contributed by atoms with Gasteiger partial charge in [-0.05, 0) is 0 Å². The monoisotopic (exact) mass is 250 g/mol. The molecule has 0 radical (unpaired) electrons. The molecule has 5 heteroatoms. The minimum atomic E-state index is -1.04. The van der Waals surface area contributed by atoms with Crippen LogP contribution in [0.25, 0.3) is 0 Å². The third-order valence-corrected chi connectivity index (χ3v) is 2.63. The number of hydrogen-bond donors (Lipinski definition) is 1. The van der Waals surface area contributed by atoms with Crippen molar-refractivity contribution in [3.05, 3.63) is 29.8 Å². The Morgan fingerprint density at radius 1 is 1.43 bits per heavy atom. The first-order chi connectivity index (χ1) is 6.77. The van der Waals surface area contributed by atoms with Gasteiger partial charge < -0.3 is 0 Å². The summed E-state index contributed by atoms with van der Waals surface area (Å²) in [4.78, 5) is 11.3. The molecule has 0 bridgehead atoms. The standard InChI is InChI=1S/C9H7AsN2O2/c11-5-6-12-9(13)7-1-3-8(10-14)4-2-7/h1-4H,6H2,(H,12,13). The summed E-state index contributed by atoms with van der Waals surface area (Å²) >= 11 is -1.04. The van der Waals surface area contributed by atoms with Crippen LogP contribution in [-0.2, 0) is 3.74 Å². The Bertz CT molecular complexity index is 381. The van der Waals surface area contributed by atoms with Crippen LogP contribution >= 0.6 is 0 Å². The molecule has 14 heavy (non-hydrogen) atoms. The van der Waals surface area contributed by atoms with Gasteiger partial charge in [-0.2, -0.15) is 0 Å². The fraction of sp³-hybridized carbons (Fsp3) is 0.111. The van der Waals surface area contributed by atoms with E-state index in [4.69, 9.17) is 5.26 Å². The molecule has 0 atom stereocenters. The van der Waals surface area contributed by atoms with E-state index in [0.717, 1.165) is 4.35 Å². The Kier molecular flexibility index (Phi) is 4.03. The quantitative estimate of drug-likeness (QED) is 0.587. The molecule has 0 spiro atoms. The van der Waals surface area contributed by atoms with Crippen molar-refractivity contribution in [2.75, 3.05) is 6.54 Å². The van der Waals surface area contributed by atoms with E-state index < -0.39 is 15.7 Å². The van der Waals surface area contributed by atoms with Crippen LogP contribution in [0.3, 0.4) is 0 Å². The summed E-state index contributed by atoms with van der Waals surface area (Å²) in [6.07, 6.45) is 0. The molecule has 0 aromatic heterocycles. The normalized spacial score (nSPS) is 9.36. The van der Waals surface area contributed by atoms with Gasteiger partial charge in [0.25, 0.3) is 0 Å². The second-order valence-electron chi connectivity index (χ2n) is 2.48. The average molecular weight is 250 g/mol. The van der Waals surface area contributed by atoms with Gasteiger partial charge in [-0.3, -0.25) is 0 Å². The number of nitrogens with zero attached hydrogens (tertiary/aromatic N) is 1. The molecule has 70 valence electrons. The Hall–Kier alpha value is -1.46. The zero-order chi connectivity index (χ0) is 10.4. The van der Waals surface area contributed by atoms with Crippen LogP contribution in [0.1, 0.15) is 10.4 Å². The first-order valence-corrected chi connectivity index (χ1v) is 5.57. The van der Waals surface area contributed by atoms with Gasteiger partial charge in [0.1, 0.15) is 0 Å². The van der Waals surface area contributed by atoms with Gasteiger partial charge in [0.2, 0.25) is 0 Å². The van der Waals surface area contributed by atoms with Crippen LogP contribution in [0.2, 0.25) is 0 Å². The van der Waals surface area contributed by atoms with Crippen LogP contribution in [0.15, 0.2) is 24.3 Å². The SMILES string of the molecule is N#CCNC(=O)c1ccc([As]=O)cc1. The summed E-state index contributed by atoms with van der Waals surface area (Å²) in [7, 11) is 0. The summed E-state index contributed by atoms with van der Waals surface area (Å²) in [6.45, 7) is -0.00591. The molecule has 0 heterocycles. The number of nitriles is 1. The zero-order valence-electron chi connectivity index (χ0n) is 7.23. The first-order valence-electron chi connectivity index (χ1n) is 3.86. The third-order valence-electron chi connectivity index (χ3n) is 1.56. The van der Waals surface area contributed by atoms with Crippen LogP contribution in [0, 0.1) is 11.3 Å². The van der Waals surface area contributed by atoms with E-state index in [9.17, 15) is 8.53 Å². The van der Waals surface area contributed by atoms with Gasteiger partial charge in [0.05, 0.1) is 0 Å². The molecule has 4 nitrogen and oxygen atoms in total.